The van der Waals surface area contributed by atoms with Crippen molar-refractivity contribution < 1.29 is 9.47 Å². The SMILES string of the molecule is CCOc1c(Br)cc(CNCc2cccnc2)cc1OC.Cl. The van der Waals surface area contributed by atoms with Crippen LogP contribution in [0.25, 0.3) is 0 Å². The van der Waals surface area contributed by atoms with Crippen molar-refractivity contribution in [2.45, 2.75) is 20.0 Å². The van der Waals surface area contributed by atoms with Crippen molar-refractivity contribution >= 4 is 28.3 Å². The Bertz CT molecular complexity index is 582. The van der Waals surface area contributed by atoms with Crippen LogP contribution in [0.2, 0.25) is 0 Å². The van der Waals surface area contributed by atoms with Crippen molar-refractivity contribution in [1.29, 1.82) is 0 Å². The van der Waals surface area contributed by atoms with E-state index < -0.39 is 0 Å². The second kappa shape index (κ2) is 9.66. The Morgan fingerprint density at radius 2 is 2.00 bits per heavy atom. The van der Waals surface area contributed by atoms with E-state index in [0.29, 0.717) is 6.61 Å². The molecule has 0 radical (unpaired) electrons. The van der Waals surface area contributed by atoms with E-state index in [4.69, 9.17) is 9.47 Å². The molecule has 1 aromatic heterocycles. The zero-order valence-corrected chi connectivity index (χ0v) is 15.0. The van der Waals surface area contributed by atoms with Crippen molar-refractivity contribution in [2.75, 3.05) is 13.7 Å². The summed E-state index contributed by atoms with van der Waals surface area (Å²) in [4.78, 5) is 4.10. The van der Waals surface area contributed by atoms with Gasteiger partial charge in [-0.2, -0.15) is 0 Å². The predicted octanol–water partition coefficient (Wildman–Crippen LogP) is 3.96. The lowest BCUT2D eigenvalue weighted by Crippen LogP contribution is -2.13. The molecule has 1 heterocycles. The summed E-state index contributed by atoms with van der Waals surface area (Å²) in [5.74, 6) is 1.49. The monoisotopic (exact) mass is 386 g/mol. The topological polar surface area (TPSA) is 43.4 Å². The molecule has 1 aromatic carbocycles. The zero-order chi connectivity index (χ0) is 15.1. The van der Waals surface area contributed by atoms with Gasteiger partial charge in [0.2, 0.25) is 0 Å². The minimum atomic E-state index is 0. The van der Waals surface area contributed by atoms with Crippen LogP contribution in [0.15, 0.2) is 41.1 Å². The molecular weight excluding hydrogens is 368 g/mol. The van der Waals surface area contributed by atoms with Crippen molar-refractivity contribution in [3.63, 3.8) is 0 Å². The van der Waals surface area contributed by atoms with Crippen LogP contribution in [-0.2, 0) is 13.1 Å². The van der Waals surface area contributed by atoms with Crippen molar-refractivity contribution in [2.24, 2.45) is 0 Å². The van der Waals surface area contributed by atoms with Crippen LogP contribution in [0, 0.1) is 0 Å². The van der Waals surface area contributed by atoms with Crippen LogP contribution in [0.1, 0.15) is 18.1 Å². The number of hydrogen-bond acceptors (Lipinski definition) is 4. The number of pyridine rings is 1. The zero-order valence-electron chi connectivity index (χ0n) is 12.6. The van der Waals surface area contributed by atoms with Gasteiger partial charge in [-0.05, 0) is 52.2 Å². The molecule has 0 atom stereocenters. The number of benzene rings is 1. The molecule has 0 bridgehead atoms. The van der Waals surface area contributed by atoms with Gasteiger partial charge < -0.3 is 14.8 Å². The molecular formula is C16H20BrClN2O2. The molecule has 0 fully saturated rings. The fraction of sp³-hybridized carbons (Fsp3) is 0.312. The van der Waals surface area contributed by atoms with Crippen LogP contribution < -0.4 is 14.8 Å². The van der Waals surface area contributed by atoms with Crippen LogP contribution >= 0.6 is 28.3 Å². The van der Waals surface area contributed by atoms with E-state index in [-0.39, 0.29) is 12.4 Å². The van der Waals surface area contributed by atoms with Gasteiger partial charge in [0, 0.05) is 25.5 Å². The first-order valence-electron chi connectivity index (χ1n) is 6.83. The van der Waals surface area contributed by atoms with Gasteiger partial charge in [-0.25, -0.2) is 0 Å². The summed E-state index contributed by atoms with van der Waals surface area (Å²) in [6.07, 6.45) is 3.64. The van der Waals surface area contributed by atoms with Gasteiger partial charge in [-0.3, -0.25) is 4.98 Å². The van der Waals surface area contributed by atoms with Crippen molar-refractivity contribution in [3.05, 3.63) is 52.3 Å². The van der Waals surface area contributed by atoms with E-state index in [2.05, 4.69) is 32.3 Å². The number of nitrogens with one attached hydrogen (secondary N) is 1. The Morgan fingerprint density at radius 3 is 2.64 bits per heavy atom. The third kappa shape index (κ3) is 5.16. The summed E-state index contributed by atoms with van der Waals surface area (Å²) < 4.78 is 11.9. The smallest absolute Gasteiger partial charge is 0.175 e. The molecule has 120 valence electrons. The Balaban J connectivity index is 0.00000242. The Kier molecular flexibility index (Phi) is 8.24. The highest BCUT2D eigenvalue weighted by Gasteiger charge is 2.11. The minimum absolute atomic E-state index is 0. The number of methoxy groups -OCH3 is 1. The summed E-state index contributed by atoms with van der Waals surface area (Å²) in [7, 11) is 1.65. The first kappa shape index (κ1) is 18.7. The number of ether oxygens (including phenoxy) is 2. The van der Waals surface area contributed by atoms with Gasteiger partial charge >= 0.3 is 0 Å². The molecule has 0 unspecified atom stereocenters. The number of halogens is 2. The molecule has 0 saturated carbocycles. The van der Waals surface area contributed by atoms with Gasteiger partial charge in [-0.15, -0.1) is 12.4 Å². The summed E-state index contributed by atoms with van der Waals surface area (Å²) in [6.45, 7) is 4.08. The summed E-state index contributed by atoms with van der Waals surface area (Å²) in [5.41, 5.74) is 2.29. The lowest BCUT2D eigenvalue weighted by Gasteiger charge is -2.13. The molecule has 0 aliphatic rings. The predicted molar refractivity (Wildman–Crippen MR) is 93.9 cm³/mol. The molecule has 0 aliphatic carbocycles. The molecule has 0 amide bonds. The van der Waals surface area contributed by atoms with E-state index in [0.717, 1.165) is 40.2 Å². The van der Waals surface area contributed by atoms with Crippen LogP contribution in [-0.4, -0.2) is 18.7 Å². The highest BCUT2D eigenvalue weighted by atomic mass is 79.9. The Hall–Kier alpha value is -1.30. The van der Waals surface area contributed by atoms with E-state index in [1.54, 1.807) is 13.3 Å². The van der Waals surface area contributed by atoms with Gasteiger partial charge in [-0.1, -0.05) is 6.07 Å². The number of rotatable bonds is 7. The number of hydrogen-bond donors (Lipinski definition) is 1. The first-order chi connectivity index (χ1) is 10.2. The molecule has 0 spiro atoms. The highest BCUT2D eigenvalue weighted by molar-refractivity contribution is 9.10. The van der Waals surface area contributed by atoms with E-state index in [1.165, 1.54) is 0 Å². The Labute approximate surface area is 145 Å². The molecule has 22 heavy (non-hydrogen) atoms. The maximum atomic E-state index is 5.59. The van der Waals surface area contributed by atoms with Gasteiger partial charge in [0.1, 0.15) is 0 Å². The molecule has 0 saturated heterocycles. The normalized spacial score (nSPS) is 9.95. The lowest BCUT2D eigenvalue weighted by atomic mass is 10.2. The van der Waals surface area contributed by atoms with Crippen molar-refractivity contribution in [3.8, 4) is 11.5 Å². The largest absolute Gasteiger partial charge is 0.493 e. The number of nitrogens with zero attached hydrogens (tertiary/aromatic N) is 1. The molecule has 1 N–H and O–H groups in total. The van der Waals surface area contributed by atoms with Crippen LogP contribution in [0.3, 0.4) is 0 Å². The molecule has 0 aliphatic heterocycles. The average molecular weight is 388 g/mol. The molecule has 2 aromatic rings. The summed E-state index contributed by atoms with van der Waals surface area (Å²) in [5, 5.41) is 3.39. The minimum Gasteiger partial charge on any atom is -0.493 e. The third-order valence-corrected chi connectivity index (χ3v) is 3.55. The van der Waals surface area contributed by atoms with Crippen LogP contribution in [0.4, 0.5) is 0 Å². The molecule has 6 heteroatoms. The third-order valence-electron chi connectivity index (χ3n) is 2.96. The average Bonchev–Trinajstić information content (AvgIpc) is 2.51. The van der Waals surface area contributed by atoms with Crippen LogP contribution in [0.5, 0.6) is 11.5 Å². The first-order valence-corrected chi connectivity index (χ1v) is 7.62. The highest BCUT2D eigenvalue weighted by Crippen LogP contribution is 2.36. The maximum absolute atomic E-state index is 5.59. The van der Waals surface area contributed by atoms with E-state index in [9.17, 15) is 0 Å². The quantitative estimate of drug-likeness (QED) is 0.781. The molecule has 2 rings (SSSR count). The fourth-order valence-corrected chi connectivity index (χ4v) is 2.62. The van der Waals surface area contributed by atoms with Gasteiger partial charge in [0.05, 0.1) is 18.2 Å². The second-order valence-electron chi connectivity index (χ2n) is 4.51. The van der Waals surface area contributed by atoms with Gasteiger partial charge in [0.15, 0.2) is 11.5 Å². The standard InChI is InChI=1S/C16H19BrN2O2.ClH/c1-3-21-16-14(17)7-13(8-15(16)20-2)11-19-10-12-5-4-6-18-9-12;/h4-9,19H,3,10-11H2,1-2H3;1H. The summed E-state index contributed by atoms with van der Waals surface area (Å²) in [6, 6.07) is 8.03. The van der Waals surface area contributed by atoms with Gasteiger partial charge in [0.25, 0.3) is 0 Å². The maximum Gasteiger partial charge on any atom is 0.175 e. The fourth-order valence-electron chi connectivity index (χ4n) is 2.01. The lowest BCUT2D eigenvalue weighted by molar-refractivity contribution is 0.308. The van der Waals surface area contributed by atoms with E-state index in [1.807, 2.05) is 31.3 Å². The van der Waals surface area contributed by atoms with E-state index >= 15 is 0 Å². The number of aromatic nitrogens is 1. The molecule has 4 nitrogen and oxygen atoms in total. The van der Waals surface area contributed by atoms with Crippen molar-refractivity contribution in [1.82, 2.24) is 10.3 Å². The summed E-state index contributed by atoms with van der Waals surface area (Å²) >= 11 is 3.53. The Morgan fingerprint density at radius 1 is 1.23 bits per heavy atom. The second-order valence-corrected chi connectivity index (χ2v) is 5.36.